The van der Waals surface area contributed by atoms with E-state index in [1.165, 1.54) is 5.56 Å². The van der Waals surface area contributed by atoms with Gasteiger partial charge in [-0.3, -0.25) is 6.29 Å². The van der Waals surface area contributed by atoms with E-state index in [4.69, 9.17) is 4.74 Å². The van der Waals surface area contributed by atoms with Gasteiger partial charge in [0.1, 0.15) is 0 Å². The molecule has 5 heteroatoms. The van der Waals surface area contributed by atoms with Gasteiger partial charge in [0.25, 0.3) is 0 Å². The number of aryl methyl sites for hydroxylation is 1. The van der Waals surface area contributed by atoms with Crippen molar-refractivity contribution in [2.75, 3.05) is 0 Å². The molecule has 1 aromatic rings. The van der Waals surface area contributed by atoms with Crippen LogP contribution in [-0.4, -0.2) is 6.29 Å². The molecule has 2 atom stereocenters. The Balaban J connectivity index is -0.000000250. The van der Waals surface area contributed by atoms with Crippen LogP contribution in [0.4, 0.5) is 0 Å². The van der Waals surface area contributed by atoms with Crippen LogP contribution in [0.1, 0.15) is 58.6 Å². The molecular formula is C23H32O2W3. The van der Waals surface area contributed by atoms with E-state index in [0.29, 0.717) is 18.3 Å². The molecule has 0 aliphatic carbocycles. The molecule has 0 saturated heterocycles. The molecule has 2 unspecified atom stereocenters. The Labute approximate surface area is 216 Å². The third kappa shape index (κ3) is 15.1. The predicted octanol–water partition coefficient (Wildman–Crippen LogP) is 6.20. The summed E-state index contributed by atoms with van der Waals surface area (Å²) in [6, 6.07) is 6.07. The van der Waals surface area contributed by atoms with Crippen molar-refractivity contribution in [3.05, 3.63) is 66.7 Å². The molecule has 0 heterocycles. The van der Waals surface area contributed by atoms with Gasteiger partial charge in [-0.15, -0.1) is 18.6 Å². The molecule has 0 aliphatic rings. The molecule has 0 bridgehead atoms. The second-order valence-electron chi connectivity index (χ2n) is 6.10. The van der Waals surface area contributed by atoms with Gasteiger partial charge in [-0.05, 0) is 19.1 Å². The number of allylic oxidation sites excluding steroid dienone is 2. The molecule has 154 valence electrons. The van der Waals surface area contributed by atoms with E-state index in [1.54, 1.807) is 6.29 Å². The van der Waals surface area contributed by atoms with Crippen LogP contribution in [0.3, 0.4) is 0 Å². The van der Waals surface area contributed by atoms with Crippen LogP contribution in [-0.2, 0) is 68.0 Å². The molecule has 0 saturated carbocycles. The zero-order valence-corrected chi connectivity index (χ0v) is 26.6. The maximum atomic E-state index is 9.50. The third-order valence-corrected chi connectivity index (χ3v) is 4.16. The molecule has 0 aromatic heterocycles. The minimum absolute atomic E-state index is 0. The van der Waals surface area contributed by atoms with Crippen molar-refractivity contribution in [3.8, 4) is 5.75 Å². The summed E-state index contributed by atoms with van der Waals surface area (Å²) in [6.45, 7) is 16.3. The van der Waals surface area contributed by atoms with Gasteiger partial charge in [0.15, 0.2) is 0 Å². The van der Waals surface area contributed by atoms with Crippen LogP contribution >= 0.6 is 0 Å². The molecule has 0 radical (unpaired) electrons. The van der Waals surface area contributed by atoms with Crippen molar-refractivity contribution >= 4 is 6.29 Å². The van der Waals surface area contributed by atoms with Gasteiger partial charge in [0.2, 0.25) is 0 Å². The molecule has 28 heavy (non-hydrogen) atoms. The quantitative estimate of drug-likeness (QED) is 0.218. The van der Waals surface area contributed by atoms with Crippen molar-refractivity contribution in [3.63, 3.8) is 0 Å². The summed E-state index contributed by atoms with van der Waals surface area (Å²) in [5.74, 6) is 1.75. The Morgan fingerprint density at radius 3 is 2.36 bits per heavy atom. The molecule has 0 N–H and O–H groups in total. The average molecular weight is 892 g/mol. The fourth-order valence-electron chi connectivity index (χ4n) is 2.08. The first-order chi connectivity index (χ1) is 11.9. The van der Waals surface area contributed by atoms with Gasteiger partial charge in [-0.2, -0.15) is 56.1 Å². The van der Waals surface area contributed by atoms with Crippen molar-refractivity contribution in [2.45, 2.75) is 54.4 Å². The first-order valence-corrected chi connectivity index (χ1v) is 8.85. The van der Waals surface area contributed by atoms with E-state index in [0.717, 1.165) is 23.8 Å². The standard InChI is InChI=1S/C17H23O.C6H9O.3W/c1-7-13(4)14(5)15(6)18-17-11-12(3)9-10-16(17)8-2;1-2-3-4-5-6-7;;;/h7,9-11,13-14H,2H2,1,3-6H3;3-4H,2,5H2,1H3;;;/q-3;-1;;2*+2/b;4-3-;;;. The minimum Gasteiger partial charge on any atom is -0.715 e. The van der Waals surface area contributed by atoms with Crippen molar-refractivity contribution in [2.24, 2.45) is 11.8 Å². The van der Waals surface area contributed by atoms with Crippen LogP contribution in [0, 0.1) is 37.4 Å². The summed E-state index contributed by atoms with van der Waals surface area (Å²) in [6.07, 6.45) is 13.1. The molecule has 0 amide bonds. The van der Waals surface area contributed by atoms with Crippen molar-refractivity contribution < 1.29 is 72.7 Å². The fraction of sp³-hybridized carbons (Fsp3) is 0.435. The van der Waals surface area contributed by atoms with Gasteiger partial charge < -0.3 is 16.0 Å². The number of hydrogen-bond donors (Lipinski definition) is 0. The van der Waals surface area contributed by atoms with Gasteiger partial charge >= 0.3 is 42.1 Å². The molecule has 2 nitrogen and oxygen atoms in total. The summed E-state index contributed by atoms with van der Waals surface area (Å²) in [5.41, 5.74) is 2.10. The zero-order valence-electron chi connectivity index (χ0n) is 17.8. The summed E-state index contributed by atoms with van der Waals surface area (Å²) < 4.78 is 6.00. The van der Waals surface area contributed by atoms with Gasteiger partial charge in [0, 0.05) is 21.1 Å². The summed E-state index contributed by atoms with van der Waals surface area (Å²) in [4.78, 5) is 9.50. The number of carbonyl (C=O) groups excluding carboxylic acids is 1. The summed E-state index contributed by atoms with van der Waals surface area (Å²) >= 11 is 0. The predicted molar refractivity (Wildman–Crippen MR) is 107 cm³/mol. The smallest absolute Gasteiger partial charge is 0.715 e. The average Bonchev–Trinajstić information content (AvgIpc) is 2.61. The monoisotopic (exact) mass is 892 g/mol. The molecule has 0 fully saturated rings. The Morgan fingerprint density at radius 1 is 1.29 bits per heavy atom. The molecular weight excluding hydrogens is 860 g/mol. The summed E-state index contributed by atoms with van der Waals surface area (Å²) in [5, 5.41) is 0. The Hall–Kier alpha value is 0.235. The Kier molecular flexibility index (Phi) is 27.9. The van der Waals surface area contributed by atoms with Gasteiger partial charge in [-0.25, -0.2) is 0 Å². The minimum atomic E-state index is 0. The number of hydrogen-bond acceptors (Lipinski definition) is 2. The van der Waals surface area contributed by atoms with Crippen LogP contribution < -0.4 is 4.74 Å². The molecule has 1 aromatic carbocycles. The molecule has 0 spiro atoms. The van der Waals surface area contributed by atoms with Crippen LogP contribution in [0.15, 0.2) is 36.9 Å². The normalized spacial score (nSPS) is 11.7. The second-order valence-corrected chi connectivity index (χ2v) is 6.10. The van der Waals surface area contributed by atoms with E-state index < -0.39 is 0 Å². The van der Waals surface area contributed by atoms with Crippen LogP contribution in [0.5, 0.6) is 5.75 Å². The number of benzene rings is 1. The van der Waals surface area contributed by atoms with E-state index in [2.05, 4.69) is 46.8 Å². The third-order valence-electron chi connectivity index (χ3n) is 4.16. The maximum absolute atomic E-state index is 9.50. The van der Waals surface area contributed by atoms with Gasteiger partial charge in [0.05, 0.1) is 0 Å². The van der Waals surface area contributed by atoms with Crippen LogP contribution in [0.2, 0.25) is 0 Å². The largest absolute Gasteiger partial charge is 2.00 e. The van der Waals surface area contributed by atoms with E-state index >= 15 is 0 Å². The molecule has 0 aliphatic heterocycles. The fourth-order valence-corrected chi connectivity index (χ4v) is 2.08. The van der Waals surface area contributed by atoms with E-state index in [-0.39, 0.29) is 63.2 Å². The van der Waals surface area contributed by atoms with Crippen LogP contribution in [0.25, 0.3) is 0 Å². The molecule has 1 rings (SSSR count). The Bertz CT molecular complexity index is 545. The second kappa shape index (κ2) is 21.9. The van der Waals surface area contributed by atoms with E-state index in [1.807, 2.05) is 44.2 Å². The topological polar surface area (TPSA) is 26.3 Å². The first-order valence-electron chi connectivity index (χ1n) is 8.85. The number of ether oxygens (including phenoxy) is 1. The SMILES string of the molecule is C=[C-]c1ccc(C)cc1O[C-](C)C(C)C(C)[CH-]C.CC/C=C\C[C-]=O.[W+2].[W+2].[W]. The van der Waals surface area contributed by atoms with Gasteiger partial charge in [-0.1, -0.05) is 38.5 Å². The van der Waals surface area contributed by atoms with Crippen molar-refractivity contribution in [1.29, 1.82) is 0 Å². The Morgan fingerprint density at radius 2 is 1.89 bits per heavy atom. The zero-order chi connectivity index (χ0) is 19.2. The van der Waals surface area contributed by atoms with E-state index in [9.17, 15) is 4.79 Å². The number of rotatable bonds is 9. The summed E-state index contributed by atoms with van der Waals surface area (Å²) in [7, 11) is 0. The maximum Gasteiger partial charge on any atom is 2.00 e. The van der Waals surface area contributed by atoms with Crippen molar-refractivity contribution in [1.82, 2.24) is 0 Å². The first kappa shape index (κ1) is 35.7.